The third kappa shape index (κ3) is 15.5. The molecule has 0 heterocycles. The molecule has 0 rings (SSSR count). The maximum atomic E-state index is 11.6. The lowest BCUT2D eigenvalue weighted by molar-refractivity contribution is -0.138. The van der Waals surface area contributed by atoms with E-state index in [1.165, 1.54) is 25.7 Å². The molecule has 0 unspecified atom stereocenters. The second kappa shape index (κ2) is 16.5. The number of carboxylic acid groups (broad SMARTS) is 1. The van der Waals surface area contributed by atoms with Crippen LogP contribution in [0.1, 0.15) is 84.0 Å². The van der Waals surface area contributed by atoms with E-state index in [0.29, 0.717) is 19.4 Å². The molecular formula is C19H36N2O3. The predicted octanol–water partition coefficient (Wildman–Crippen LogP) is 3.77. The van der Waals surface area contributed by atoms with E-state index in [9.17, 15) is 9.59 Å². The third-order valence-corrected chi connectivity index (χ3v) is 4.00. The first kappa shape index (κ1) is 22.6. The van der Waals surface area contributed by atoms with Crippen molar-refractivity contribution in [3.05, 3.63) is 12.2 Å². The first-order valence-corrected chi connectivity index (χ1v) is 9.48. The van der Waals surface area contributed by atoms with E-state index in [-0.39, 0.29) is 5.91 Å². The average molecular weight is 341 g/mol. The van der Waals surface area contributed by atoms with Crippen molar-refractivity contribution in [2.75, 3.05) is 6.54 Å². The van der Waals surface area contributed by atoms with Gasteiger partial charge in [-0.05, 0) is 51.4 Å². The number of allylic oxidation sites excluding steroid dienone is 2. The topological polar surface area (TPSA) is 92.4 Å². The molecule has 1 atom stereocenters. The summed E-state index contributed by atoms with van der Waals surface area (Å²) < 4.78 is 0. The molecule has 24 heavy (non-hydrogen) atoms. The van der Waals surface area contributed by atoms with Gasteiger partial charge >= 0.3 is 5.97 Å². The maximum Gasteiger partial charge on any atom is 0.320 e. The van der Waals surface area contributed by atoms with Crippen molar-refractivity contribution < 1.29 is 14.7 Å². The molecule has 0 radical (unpaired) electrons. The third-order valence-electron chi connectivity index (χ3n) is 4.00. The fraction of sp³-hybridized carbons (Fsp3) is 0.789. The molecule has 0 aliphatic heterocycles. The summed E-state index contributed by atoms with van der Waals surface area (Å²) in [6.45, 7) is 2.82. The SMILES string of the molecule is CCCCC/C=C/CCCCCC(=O)NCCCC[C@H](N)C(=O)O. The highest BCUT2D eigenvalue weighted by molar-refractivity contribution is 5.75. The Kier molecular flexibility index (Phi) is 15.6. The number of aliphatic carboxylic acids is 1. The van der Waals surface area contributed by atoms with Gasteiger partial charge in [0.2, 0.25) is 5.91 Å². The number of rotatable bonds is 16. The number of carboxylic acids is 1. The summed E-state index contributed by atoms with van der Waals surface area (Å²) in [6.07, 6.45) is 16.4. The zero-order valence-electron chi connectivity index (χ0n) is 15.3. The smallest absolute Gasteiger partial charge is 0.320 e. The highest BCUT2D eigenvalue weighted by Gasteiger charge is 2.10. The number of amides is 1. The molecule has 0 saturated heterocycles. The number of carbonyl (C=O) groups excluding carboxylic acids is 1. The number of nitrogens with two attached hydrogens (primary N) is 1. The first-order chi connectivity index (χ1) is 11.6. The van der Waals surface area contributed by atoms with Crippen molar-refractivity contribution in [3.63, 3.8) is 0 Å². The van der Waals surface area contributed by atoms with Gasteiger partial charge in [-0.2, -0.15) is 0 Å². The number of hydrogen-bond acceptors (Lipinski definition) is 3. The molecule has 1 amide bonds. The Labute approximate surface area is 147 Å². The summed E-state index contributed by atoms with van der Waals surface area (Å²) in [4.78, 5) is 22.2. The van der Waals surface area contributed by atoms with E-state index in [0.717, 1.165) is 38.5 Å². The molecule has 0 saturated carbocycles. The monoisotopic (exact) mass is 340 g/mol. The van der Waals surface area contributed by atoms with Crippen LogP contribution in [0.4, 0.5) is 0 Å². The van der Waals surface area contributed by atoms with Crippen molar-refractivity contribution >= 4 is 11.9 Å². The molecule has 0 aromatic rings. The second-order valence-corrected chi connectivity index (χ2v) is 6.36. The van der Waals surface area contributed by atoms with Gasteiger partial charge in [0, 0.05) is 13.0 Å². The lowest BCUT2D eigenvalue weighted by atomic mass is 10.1. The molecule has 0 aromatic heterocycles. The molecule has 0 spiro atoms. The van der Waals surface area contributed by atoms with Gasteiger partial charge in [0.15, 0.2) is 0 Å². The van der Waals surface area contributed by atoms with Crippen LogP contribution in [0.2, 0.25) is 0 Å². The molecule has 0 aliphatic carbocycles. The molecule has 5 nitrogen and oxygen atoms in total. The maximum absolute atomic E-state index is 11.6. The Bertz CT molecular complexity index is 357. The minimum Gasteiger partial charge on any atom is -0.480 e. The number of unbranched alkanes of at least 4 members (excludes halogenated alkanes) is 7. The quantitative estimate of drug-likeness (QED) is 0.294. The molecule has 4 N–H and O–H groups in total. The second-order valence-electron chi connectivity index (χ2n) is 6.36. The van der Waals surface area contributed by atoms with Crippen molar-refractivity contribution in [1.82, 2.24) is 5.32 Å². The van der Waals surface area contributed by atoms with Crippen LogP contribution < -0.4 is 11.1 Å². The summed E-state index contributed by atoms with van der Waals surface area (Å²) in [5.41, 5.74) is 5.41. The summed E-state index contributed by atoms with van der Waals surface area (Å²) in [6, 6.07) is -0.790. The Morgan fingerprint density at radius 1 is 1.00 bits per heavy atom. The van der Waals surface area contributed by atoms with Crippen LogP contribution in [0.5, 0.6) is 0 Å². The highest BCUT2D eigenvalue weighted by atomic mass is 16.4. The van der Waals surface area contributed by atoms with Crippen molar-refractivity contribution in [2.45, 2.75) is 90.0 Å². The molecular weight excluding hydrogens is 304 g/mol. The average Bonchev–Trinajstić information content (AvgIpc) is 2.55. The zero-order chi connectivity index (χ0) is 18.0. The minimum atomic E-state index is -0.963. The molecule has 140 valence electrons. The lowest BCUT2D eigenvalue weighted by Crippen LogP contribution is -2.30. The zero-order valence-corrected chi connectivity index (χ0v) is 15.3. The predicted molar refractivity (Wildman–Crippen MR) is 98.8 cm³/mol. The number of carbonyl (C=O) groups is 2. The van der Waals surface area contributed by atoms with Crippen LogP contribution in [0.25, 0.3) is 0 Å². The van der Waals surface area contributed by atoms with Crippen molar-refractivity contribution in [3.8, 4) is 0 Å². The molecule has 0 fully saturated rings. The number of hydrogen-bond donors (Lipinski definition) is 3. The van der Waals surface area contributed by atoms with Crippen LogP contribution in [-0.4, -0.2) is 29.6 Å². The lowest BCUT2D eigenvalue weighted by Gasteiger charge is -2.07. The van der Waals surface area contributed by atoms with Crippen LogP contribution in [0.3, 0.4) is 0 Å². The Hall–Kier alpha value is -1.36. The van der Waals surface area contributed by atoms with Gasteiger partial charge < -0.3 is 16.2 Å². The summed E-state index contributed by atoms with van der Waals surface area (Å²) in [5.74, 6) is -0.873. The normalized spacial score (nSPS) is 12.4. The standard InChI is InChI=1S/C19H36N2O3/c1-2-3-4-5-6-7-8-9-10-11-15-18(22)21-16-13-12-14-17(20)19(23)24/h6-7,17H,2-5,8-16,20H2,1H3,(H,21,22)(H,23,24)/b7-6+/t17-/m0/s1. The first-order valence-electron chi connectivity index (χ1n) is 9.48. The van der Waals surface area contributed by atoms with Crippen LogP contribution in [-0.2, 0) is 9.59 Å². The van der Waals surface area contributed by atoms with Crippen LogP contribution in [0.15, 0.2) is 12.2 Å². The van der Waals surface area contributed by atoms with Gasteiger partial charge in [0.25, 0.3) is 0 Å². The molecule has 0 aromatic carbocycles. The van der Waals surface area contributed by atoms with Crippen molar-refractivity contribution in [1.29, 1.82) is 0 Å². The minimum absolute atomic E-state index is 0.0904. The van der Waals surface area contributed by atoms with Crippen molar-refractivity contribution in [2.24, 2.45) is 5.73 Å². The summed E-state index contributed by atoms with van der Waals surface area (Å²) >= 11 is 0. The van der Waals surface area contributed by atoms with Crippen LogP contribution in [0, 0.1) is 0 Å². The van der Waals surface area contributed by atoms with E-state index in [1.807, 2.05) is 0 Å². The van der Waals surface area contributed by atoms with E-state index < -0.39 is 12.0 Å². The fourth-order valence-corrected chi connectivity index (χ4v) is 2.40. The number of nitrogens with one attached hydrogen (secondary N) is 1. The highest BCUT2D eigenvalue weighted by Crippen LogP contribution is 2.06. The molecule has 0 aliphatic rings. The van der Waals surface area contributed by atoms with Gasteiger partial charge in [-0.3, -0.25) is 9.59 Å². The fourth-order valence-electron chi connectivity index (χ4n) is 2.40. The van der Waals surface area contributed by atoms with E-state index in [1.54, 1.807) is 0 Å². The van der Waals surface area contributed by atoms with Gasteiger partial charge in [-0.15, -0.1) is 0 Å². The Balaban J connectivity index is 3.34. The Morgan fingerprint density at radius 3 is 2.29 bits per heavy atom. The molecule has 0 bridgehead atoms. The van der Waals surface area contributed by atoms with Crippen LogP contribution >= 0.6 is 0 Å². The Morgan fingerprint density at radius 2 is 1.67 bits per heavy atom. The summed E-state index contributed by atoms with van der Waals surface area (Å²) in [5, 5.41) is 11.5. The van der Waals surface area contributed by atoms with E-state index in [2.05, 4.69) is 24.4 Å². The van der Waals surface area contributed by atoms with E-state index >= 15 is 0 Å². The largest absolute Gasteiger partial charge is 0.480 e. The van der Waals surface area contributed by atoms with Gasteiger partial charge in [-0.1, -0.05) is 38.3 Å². The van der Waals surface area contributed by atoms with E-state index in [4.69, 9.17) is 10.8 Å². The van der Waals surface area contributed by atoms with Gasteiger partial charge in [0.1, 0.15) is 6.04 Å². The molecule has 5 heteroatoms. The van der Waals surface area contributed by atoms with Gasteiger partial charge in [0.05, 0.1) is 0 Å². The van der Waals surface area contributed by atoms with Gasteiger partial charge in [-0.25, -0.2) is 0 Å². The summed E-state index contributed by atoms with van der Waals surface area (Å²) in [7, 11) is 0.